The first-order valence-corrected chi connectivity index (χ1v) is 9.61. The van der Waals surface area contributed by atoms with Crippen LogP contribution in [0.4, 0.5) is 0 Å². The molecule has 0 radical (unpaired) electrons. The second kappa shape index (κ2) is 8.20. The van der Waals surface area contributed by atoms with Gasteiger partial charge < -0.3 is 10.1 Å². The molecular weight excluding hydrogens is 286 g/mol. The third-order valence-electron chi connectivity index (χ3n) is 3.25. The molecule has 1 fully saturated rings. The summed E-state index contributed by atoms with van der Waals surface area (Å²) in [6.07, 6.45) is 0.215. The Hall–Kier alpha value is -0.320. The third-order valence-corrected chi connectivity index (χ3v) is 6.12. The molecule has 0 amide bonds. The van der Waals surface area contributed by atoms with Crippen molar-refractivity contribution < 1.29 is 4.74 Å². The Labute approximate surface area is 131 Å². The van der Waals surface area contributed by atoms with E-state index in [2.05, 4.69) is 73.9 Å². The summed E-state index contributed by atoms with van der Waals surface area (Å²) >= 11 is 4.16. The first kappa shape index (κ1) is 16.1. The Bertz CT molecular complexity index is 405. The highest BCUT2D eigenvalue weighted by atomic mass is 32.2. The molecule has 1 aliphatic heterocycles. The van der Waals surface area contributed by atoms with E-state index in [1.807, 2.05) is 0 Å². The van der Waals surface area contributed by atoms with E-state index >= 15 is 0 Å². The van der Waals surface area contributed by atoms with Crippen molar-refractivity contribution in [3.63, 3.8) is 0 Å². The molecule has 20 heavy (non-hydrogen) atoms. The van der Waals surface area contributed by atoms with Crippen molar-refractivity contribution in [2.45, 2.75) is 38.2 Å². The average Bonchev–Trinajstić information content (AvgIpc) is 2.46. The van der Waals surface area contributed by atoms with Crippen LogP contribution in [-0.4, -0.2) is 35.2 Å². The number of hydrogen-bond acceptors (Lipinski definition) is 4. The van der Waals surface area contributed by atoms with Gasteiger partial charge in [-0.15, -0.1) is 0 Å². The number of hydrogen-bond donors (Lipinski definition) is 1. The van der Waals surface area contributed by atoms with Crippen LogP contribution in [0.15, 0.2) is 24.3 Å². The van der Waals surface area contributed by atoms with E-state index in [9.17, 15) is 0 Å². The lowest BCUT2D eigenvalue weighted by Gasteiger charge is -2.31. The number of rotatable bonds is 6. The molecule has 2 nitrogen and oxygen atoms in total. The Balaban J connectivity index is 2.23. The topological polar surface area (TPSA) is 21.3 Å². The van der Waals surface area contributed by atoms with Crippen LogP contribution in [0.25, 0.3) is 0 Å². The summed E-state index contributed by atoms with van der Waals surface area (Å²) < 4.78 is 6.01. The Morgan fingerprint density at radius 3 is 2.75 bits per heavy atom. The van der Waals surface area contributed by atoms with Crippen molar-refractivity contribution in [1.82, 2.24) is 5.32 Å². The van der Waals surface area contributed by atoms with Crippen molar-refractivity contribution >= 4 is 23.5 Å². The van der Waals surface area contributed by atoms with Gasteiger partial charge >= 0.3 is 0 Å². The molecule has 1 aliphatic rings. The molecule has 2 rings (SSSR count). The number of nitrogens with one attached hydrogen (secondary N) is 1. The highest BCUT2D eigenvalue weighted by Gasteiger charge is 2.27. The number of thioether (sulfide) groups is 2. The van der Waals surface area contributed by atoms with Gasteiger partial charge in [0.05, 0.1) is 6.10 Å². The van der Waals surface area contributed by atoms with Gasteiger partial charge in [0, 0.05) is 34.1 Å². The highest BCUT2D eigenvalue weighted by Crippen LogP contribution is 2.37. The number of benzene rings is 1. The Morgan fingerprint density at radius 2 is 2.10 bits per heavy atom. The minimum absolute atomic E-state index is 0.215. The minimum atomic E-state index is 0.215. The fourth-order valence-electron chi connectivity index (χ4n) is 2.46. The molecule has 1 N–H and O–H groups in total. The highest BCUT2D eigenvalue weighted by molar-refractivity contribution is 8.06. The molecule has 0 spiro atoms. The van der Waals surface area contributed by atoms with Crippen LogP contribution in [-0.2, 0) is 0 Å². The molecule has 1 aromatic carbocycles. The molecule has 2 unspecified atom stereocenters. The molecule has 1 aromatic rings. The normalized spacial score (nSPS) is 20.9. The van der Waals surface area contributed by atoms with E-state index in [0.29, 0.717) is 11.3 Å². The van der Waals surface area contributed by atoms with E-state index in [1.165, 1.54) is 22.8 Å². The molecular formula is C16H25NOS2. The van der Waals surface area contributed by atoms with E-state index in [0.717, 1.165) is 12.3 Å². The smallest absolute Gasteiger partial charge is 0.124 e. The van der Waals surface area contributed by atoms with Gasteiger partial charge in [0.1, 0.15) is 5.75 Å². The quantitative estimate of drug-likeness (QED) is 0.857. The van der Waals surface area contributed by atoms with Gasteiger partial charge in [-0.2, -0.15) is 23.5 Å². The van der Waals surface area contributed by atoms with Gasteiger partial charge in [-0.1, -0.05) is 25.1 Å². The molecule has 2 atom stereocenters. The SMILES string of the molecule is CCNC(c1ccccc1OC(C)C)C1CSCCS1. The Morgan fingerprint density at radius 1 is 1.30 bits per heavy atom. The van der Waals surface area contributed by atoms with Crippen LogP contribution in [0.5, 0.6) is 5.75 Å². The van der Waals surface area contributed by atoms with Crippen molar-refractivity contribution in [3.05, 3.63) is 29.8 Å². The summed E-state index contributed by atoms with van der Waals surface area (Å²) in [6.45, 7) is 7.34. The maximum Gasteiger partial charge on any atom is 0.124 e. The second-order valence-corrected chi connectivity index (χ2v) is 7.72. The van der Waals surface area contributed by atoms with Gasteiger partial charge in [0.2, 0.25) is 0 Å². The molecule has 0 aromatic heterocycles. The summed E-state index contributed by atoms with van der Waals surface area (Å²) in [5, 5.41) is 4.30. The zero-order chi connectivity index (χ0) is 14.4. The van der Waals surface area contributed by atoms with Gasteiger partial charge in [0.15, 0.2) is 0 Å². The minimum Gasteiger partial charge on any atom is -0.491 e. The molecule has 1 heterocycles. The maximum atomic E-state index is 6.01. The Kier molecular flexibility index (Phi) is 6.59. The number of ether oxygens (including phenoxy) is 1. The molecule has 0 saturated carbocycles. The fourth-order valence-corrected chi connectivity index (χ4v) is 5.32. The van der Waals surface area contributed by atoms with Crippen LogP contribution in [0.1, 0.15) is 32.4 Å². The summed E-state index contributed by atoms with van der Waals surface area (Å²) in [6, 6.07) is 8.87. The zero-order valence-electron chi connectivity index (χ0n) is 12.6. The van der Waals surface area contributed by atoms with E-state index in [1.54, 1.807) is 0 Å². The summed E-state index contributed by atoms with van der Waals surface area (Å²) in [5.41, 5.74) is 1.31. The molecule has 0 bridgehead atoms. The summed E-state index contributed by atoms with van der Waals surface area (Å²) in [7, 11) is 0. The monoisotopic (exact) mass is 311 g/mol. The van der Waals surface area contributed by atoms with Gasteiger partial charge in [-0.3, -0.25) is 0 Å². The van der Waals surface area contributed by atoms with Crippen LogP contribution in [0, 0.1) is 0 Å². The van der Waals surface area contributed by atoms with Crippen molar-refractivity contribution in [2.24, 2.45) is 0 Å². The third kappa shape index (κ3) is 4.34. The van der Waals surface area contributed by atoms with Gasteiger partial charge in [-0.05, 0) is 26.5 Å². The van der Waals surface area contributed by atoms with Gasteiger partial charge in [-0.25, -0.2) is 0 Å². The first-order valence-electron chi connectivity index (χ1n) is 7.40. The summed E-state index contributed by atoms with van der Waals surface area (Å²) in [4.78, 5) is 0. The van der Waals surface area contributed by atoms with Crippen LogP contribution in [0.3, 0.4) is 0 Å². The standard InChI is InChI=1S/C16H25NOS2/c1-4-17-16(15-11-19-9-10-20-15)13-7-5-6-8-14(13)18-12(2)3/h5-8,12,15-17H,4,9-11H2,1-3H3. The van der Waals surface area contributed by atoms with E-state index in [-0.39, 0.29) is 6.10 Å². The van der Waals surface area contributed by atoms with Crippen LogP contribution >= 0.6 is 23.5 Å². The molecule has 1 saturated heterocycles. The van der Waals surface area contributed by atoms with Crippen molar-refractivity contribution in [3.8, 4) is 5.75 Å². The van der Waals surface area contributed by atoms with E-state index < -0.39 is 0 Å². The molecule has 4 heteroatoms. The lowest BCUT2D eigenvalue weighted by Crippen LogP contribution is -2.34. The lowest BCUT2D eigenvalue weighted by atomic mass is 10.0. The molecule has 0 aliphatic carbocycles. The van der Waals surface area contributed by atoms with Crippen LogP contribution < -0.4 is 10.1 Å². The average molecular weight is 312 g/mol. The summed E-state index contributed by atoms with van der Waals surface area (Å²) in [5.74, 6) is 4.79. The molecule has 112 valence electrons. The predicted molar refractivity (Wildman–Crippen MR) is 92.2 cm³/mol. The second-order valence-electron chi connectivity index (χ2n) is 5.22. The van der Waals surface area contributed by atoms with Crippen molar-refractivity contribution in [2.75, 3.05) is 23.8 Å². The van der Waals surface area contributed by atoms with Crippen LogP contribution in [0.2, 0.25) is 0 Å². The largest absolute Gasteiger partial charge is 0.491 e. The van der Waals surface area contributed by atoms with Crippen molar-refractivity contribution in [1.29, 1.82) is 0 Å². The fraction of sp³-hybridized carbons (Fsp3) is 0.625. The maximum absolute atomic E-state index is 6.01. The zero-order valence-corrected chi connectivity index (χ0v) is 14.2. The lowest BCUT2D eigenvalue weighted by molar-refractivity contribution is 0.237. The number of para-hydroxylation sites is 1. The van der Waals surface area contributed by atoms with Gasteiger partial charge in [0.25, 0.3) is 0 Å². The first-order chi connectivity index (χ1) is 9.72. The predicted octanol–water partition coefficient (Wildman–Crippen LogP) is 3.97. The van der Waals surface area contributed by atoms with E-state index in [4.69, 9.17) is 4.74 Å².